The van der Waals surface area contributed by atoms with Crippen LogP contribution in [0.2, 0.25) is 5.02 Å². The summed E-state index contributed by atoms with van der Waals surface area (Å²) in [5.74, 6) is 2.24. The van der Waals surface area contributed by atoms with Gasteiger partial charge in [0.05, 0.1) is 13.2 Å². The molecular weight excluding hydrogens is 326 g/mol. The highest BCUT2D eigenvalue weighted by Crippen LogP contribution is 2.23. The van der Waals surface area contributed by atoms with Gasteiger partial charge in [0, 0.05) is 17.1 Å². The van der Waals surface area contributed by atoms with Crippen LogP contribution in [0.4, 0.5) is 0 Å². The second-order valence-electron chi connectivity index (χ2n) is 5.47. The largest absolute Gasteiger partial charge is 0.497 e. The molecule has 0 saturated carbocycles. The van der Waals surface area contributed by atoms with Crippen molar-refractivity contribution in [3.05, 3.63) is 70.8 Å². The molecule has 0 spiro atoms. The van der Waals surface area contributed by atoms with Gasteiger partial charge < -0.3 is 9.84 Å². The third-order valence-corrected chi connectivity index (χ3v) is 4.11. The second kappa shape index (κ2) is 7.03. The Labute approximate surface area is 145 Å². The summed E-state index contributed by atoms with van der Waals surface area (Å²) >= 11 is 5.89. The van der Waals surface area contributed by atoms with Crippen LogP contribution in [0.15, 0.2) is 48.5 Å². The van der Waals surface area contributed by atoms with E-state index in [1.807, 2.05) is 47.9 Å². The number of aliphatic hydroxyl groups excluding tert-OH is 1. The summed E-state index contributed by atoms with van der Waals surface area (Å²) in [5.41, 5.74) is 1.72. The number of aromatic nitrogens is 3. The van der Waals surface area contributed by atoms with Gasteiger partial charge in [0.25, 0.3) is 0 Å². The first-order valence-electron chi connectivity index (χ1n) is 7.57. The summed E-state index contributed by atoms with van der Waals surface area (Å²) in [5, 5.41) is 19.5. The highest BCUT2D eigenvalue weighted by atomic mass is 35.5. The minimum absolute atomic E-state index is 0.356. The fourth-order valence-corrected chi connectivity index (χ4v) is 2.71. The van der Waals surface area contributed by atoms with E-state index in [2.05, 4.69) is 10.2 Å². The Morgan fingerprint density at radius 3 is 2.38 bits per heavy atom. The van der Waals surface area contributed by atoms with Crippen LogP contribution in [-0.2, 0) is 6.42 Å². The van der Waals surface area contributed by atoms with E-state index in [1.165, 1.54) is 0 Å². The van der Waals surface area contributed by atoms with E-state index < -0.39 is 6.10 Å². The van der Waals surface area contributed by atoms with E-state index in [0.717, 1.165) is 22.8 Å². The smallest absolute Gasteiger partial charge is 0.140 e. The van der Waals surface area contributed by atoms with Crippen molar-refractivity contribution in [2.45, 2.75) is 19.4 Å². The predicted octanol–water partition coefficient (Wildman–Crippen LogP) is 3.51. The van der Waals surface area contributed by atoms with Crippen LogP contribution >= 0.6 is 11.6 Å². The number of hydrogen-bond acceptors (Lipinski definition) is 4. The molecule has 0 aliphatic heterocycles. The Morgan fingerprint density at radius 2 is 1.75 bits per heavy atom. The van der Waals surface area contributed by atoms with Crippen molar-refractivity contribution in [3.63, 3.8) is 0 Å². The Kier molecular flexibility index (Phi) is 4.83. The van der Waals surface area contributed by atoms with Crippen molar-refractivity contribution >= 4 is 11.6 Å². The lowest BCUT2D eigenvalue weighted by atomic mass is 10.1. The standard InChI is InChI=1S/C18H18ClN3O2/c1-12-20-21-18(11-17(23)13-3-5-14(19)6-4-13)22(12)15-7-9-16(24-2)10-8-15/h3-10,17,23H,11H2,1-2H3. The van der Waals surface area contributed by atoms with Crippen molar-refractivity contribution < 1.29 is 9.84 Å². The molecule has 24 heavy (non-hydrogen) atoms. The number of ether oxygens (including phenoxy) is 1. The number of halogens is 1. The lowest BCUT2D eigenvalue weighted by Crippen LogP contribution is -2.09. The van der Waals surface area contributed by atoms with Crippen LogP contribution < -0.4 is 4.74 Å². The molecule has 1 heterocycles. The second-order valence-corrected chi connectivity index (χ2v) is 5.90. The van der Waals surface area contributed by atoms with Crippen molar-refractivity contribution in [3.8, 4) is 11.4 Å². The lowest BCUT2D eigenvalue weighted by Gasteiger charge is -2.13. The molecule has 0 aliphatic carbocycles. The van der Waals surface area contributed by atoms with Gasteiger partial charge in [-0.05, 0) is 48.9 Å². The first-order chi connectivity index (χ1) is 11.6. The molecule has 5 nitrogen and oxygen atoms in total. The topological polar surface area (TPSA) is 60.2 Å². The summed E-state index contributed by atoms with van der Waals surface area (Å²) in [6, 6.07) is 14.8. The maximum Gasteiger partial charge on any atom is 0.140 e. The SMILES string of the molecule is COc1ccc(-n2c(C)nnc2CC(O)c2ccc(Cl)cc2)cc1. The Morgan fingerprint density at radius 1 is 1.08 bits per heavy atom. The number of aryl methyl sites for hydroxylation is 1. The van der Waals surface area contributed by atoms with E-state index in [4.69, 9.17) is 16.3 Å². The number of rotatable bonds is 5. The first-order valence-corrected chi connectivity index (χ1v) is 7.95. The van der Waals surface area contributed by atoms with Gasteiger partial charge in [-0.1, -0.05) is 23.7 Å². The van der Waals surface area contributed by atoms with Gasteiger partial charge in [-0.15, -0.1) is 10.2 Å². The van der Waals surface area contributed by atoms with Crippen LogP contribution in [0.5, 0.6) is 5.75 Å². The molecule has 0 saturated heterocycles. The van der Waals surface area contributed by atoms with Gasteiger partial charge in [-0.25, -0.2) is 0 Å². The average molecular weight is 344 g/mol. The summed E-state index contributed by atoms with van der Waals surface area (Å²) in [7, 11) is 1.63. The highest BCUT2D eigenvalue weighted by molar-refractivity contribution is 6.30. The molecule has 3 aromatic rings. The molecule has 2 aromatic carbocycles. The normalized spacial score (nSPS) is 12.2. The quantitative estimate of drug-likeness (QED) is 0.770. The van der Waals surface area contributed by atoms with Crippen molar-refractivity contribution in [2.75, 3.05) is 7.11 Å². The van der Waals surface area contributed by atoms with Gasteiger partial charge in [0.15, 0.2) is 0 Å². The molecule has 124 valence electrons. The van der Waals surface area contributed by atoms with Crippen LogP contribution in [0.25, 0.3) is 5.69 Å². The zero-order valence-corrected chi connectivity index (χ0v) is 14.2. The Balaban J connectivity index is 1.87. The van der Waals surface area contributed by atoms with E-state index >= 15 is 0 Å². The maximum atomic E-state index is 10.5. The molecule has 6 heteroatoms. The fourth-order valence-electron chi connectivity index (χ4n) is 2.58. The predicted molar refractivity (Wildman–Crippen MR) is 92.8 cm³/mol. The van der Waals surface area contributed by atoms with E-state index in [0.29, 0.717) is 17.3 Å². The molecule has 0 amide bonds. The molecule has 0 fully saturated rings. The Bertz CT molecular complexity index is 813. The van der Waals surface area contributed by atoms with Crippen molar-refractivity contribution in [1.29, 1.82) is 0 Å². The molecule has 1 atom stereocenters. The van der Waals surface area contributed by atoms with E-state index in [-0.39, 0.29) is 0 Å². The first kappa shape index (κ1) is 16.5. The molecule has 0 radical (unpaired) electrons. The zero-order chi connectivity index (χ0) is 17.1. The molecule has 0 aliphatic rings. The highest BCUT2D eigenvalue weighted by Gasteiger charge is 2.16. The lowest BCUT2D eigenvalue weighted by molar-refractivity contribution is 0.175. The van der Waals surface area contributed by atoms with Crippen molar-refractivity contribution in [2.24, 2.45) is 0 Å². The minimum Gasteiger partial charge on any atom is -0.497 e. The van der Waals surface area contributed by atoms with E-state index in [9.17, 15) is 5.11 Å². The average Bonchev–Trinajstić information content (AvgIpc) is 2.96. The van der Waals surface area contributed by atoms with Crippen LogP contribution in [-0.4, -0.2) is 27.0 Å². The number of nitrogens with zero attached hydrogens (tertiary/aromatic N) is 3. The van der Waals surface area contributed by atoms with Gasteiger partial charge in [0.1, 0.15) is 17.4 Å². The third-order valence-electron chi connectivity index (χ3n) is 3.85. The van der Waals surface area contributed by atoms with Gasteiger partial charge in [-0.3, -0.25) is 4.57 Å². The molecule has 1 unspecified atom stereocenters. The summed E-state index contributed by atoms with van der Waals surface area (Å²) in [6.45, 7) is 1.88. The third kappa shape index (κ3) is 3.42. The minimum atomic E-state index is -0.678. The van der Waals surface area contributed by atoms with Crippen molar-refractivity contribution in [1.82, 2.24) is 14.8 Å². The van der Waals surface area contributed by atoms with Crippen LogP contribution in [0.1, 0.15) is 23.3 Å². The Hall–Kier alpha value is -2.37. The van der Waals surface area contributed by atoms with Gasteiger partial charge in [0.2, 0.25) is 0 Å². The van der Waals surface area contributed by atoms with Crippen LogP contribution in [0.3, 0.4) is 0 Å². The van der Waals surface area contributed by atoms with E-state index in [1.54, 1.807) is 19.2 Å². The molecule has 1 N–H and O–H groups in total. The van der Waals surface area contributed by atoms with Gasteiger partial charge in [-0.2, -0.15) is 0 Å². The summed E-state index contributed by atoms with van der Waals surface area (Å²) in [6.07, 6.45) is -0.322. The maximum absolute atomic E-state index is 10.5. The molecular formula is C18H18ClN3O2. The molecule has 0 bridgehead atoms. The van der Waals surface area contributed by atoms with Crippen LogP contribution in [0, 0.1) is 6.92 Å². The fraction of sp³-hybridized carbons (Fsp3) is 0.222. The number of hydrogen-bond donors (Lipinski definition) is 1. The molecule has 3 rings (SSSR count). The zero-order valence-electron chi connectivity index (χ0n) is 13.5. The monoisotopic (exact) mass is 343 g/mol. The number of aliphatic hydroxyl groups is 1. The molecule has 1 aromatic heterocycles. The summed E-state index contributed by atoms with van der Waals surface area (Å²) < 4.78 is 7.12. The summed E-state index contributed by atoms with van der Waals surface area (Å²) in [4.78, 5) is 0. The number of benzene rings is 2. The van der Waals surface area contributed by atoms with Gasteiger partial charge >= 0.3 is 0 Å². The number of methoxy groups -OCH3 is 1.